The van der Waals surface area contributed by atoms with E-state index in [0.717, 1.165) is 17.9 Å². The molecule has 0 bridgehead atoms. The molecule has 8 heteroatoms. The average molecular weight is 429 g/mol. The number of ether oxygens (including phenoxy) is 2. The van der Waals surface area contributed by atoms with Crippen LogP contribution in [0, 0.1) is 34.0 Å². The first-order valence-electron chi connectivity index (χ1n) is 10.3. The van der Waals surface area contributed by atoms with Gasteiger partial charge in [-0.05, 0) is 29.8 Å². The molecule has 0 N–H and O–H groups in total. The highest BCUT2D eigenvalue weighted by atomic mass is 16.5. The minimum absolute atomic E-state index is 0.155. The summed E-state index contributed by atoms with van der Waals surface area (Å²) in [7, 11) is 1.91. The number of allylic oxidation sites excluding steroid dienone is 3. The monoisotopic (exact) mass is 429 g/mol. The summed E-state index contributed by atoms with van der Waals surface area (Å²) in [5, 5.41) is 19.0. The van der Waals surface area contributed by atoms with Crippen molar-refractivity contribution >= 4 is 5.82 Å². The largest absolute Gasteiger partial charge is 0.473 e. The van der Waals surface area contributed by atoms with Crippen molar-refractivity contribution in [3.63, 3.8) is 0 Å². The standard InChI is InChI=1S/C24H23N5O3/c1-24(2)7-6-19(11-18(24)14-26)32-20-5-4-16(10-17(20)13-25)15-31-21-12-22-28(3)8-9-29(22)23(30)27-21/h4-7,10-12,18H,8-9,15H2,1-3H3. The lowest BCUT2D eigenvalue weighted by molar-refractivity contribution is 0.291. The van der Waals surface area contributed by atoms with E-state index in [1.807, 2.05) is 37.9 Å². The Bertz CT molecular complexity index is 1260. The Morgan fingerprint density at radius 1 is 1.25 bits per heavy atom. The summed E-state index contributed by atoms with van der Waals surface area (Å²) in [5.41, 5.74) is 0.481. The van der Waals surface area contributed by atoms with Crippen LogP contribution >= 0.6 is 0 Å². The van der Waals surface area contributed by atoms with Crippen LogP contribution in [0.5, 0.6) is 11.6 Å². The molecule has 1 atom stereocenters. The molecule has 0 spiro atoms. The maximum absolute atomic E-state index is 12.2. The molecule has 0 fully saturated rings. The van der Waals surface area contributed by atoms with E-state index in [0.29, 0.717) is 23.6 Å². The maximum atomic E-state index is 12.2. The van der Waals surface area contributed by atoms with Gasteiger partial charge in [-0.2, -0.15) is 15.5 Å². The highest BCUT2D eigenvalue weighted by molar-refractivity contribution is 5.47. The molecule has 1 unspecified atom stereocenters. The molecule has 1 aromatic heterocycles. The van der Waals surface area contributed by atoms with Crippen LogP contribution in [0.2, 0.25) is 0 Å². The highest BCUT2D eigenvalue weighted by Crippen LogP contribution is 2.35. The van der Waals surface area contributed by atoms with E-state index < -0.39 is 0 Å². The number of hydrogen-bond acceptors (Lipinski definition) is 7. The van der Waals surface area contributed by atoms with Crippen molar-refractivity contribution in [1.29, 1.82) is 10.5 Å². The summed E-state index contributed by atoms with van der Waals surface area (Å²) in [6.45, 7) is 5.50. The number of nitrogens with zero attached hydrogens (tertiary/aromatic N) is 5. The summed E-state index contributed by atoms with van der Waals surface area (Å²) in [4.78, 5) is 18.1. The van der Waals surface area contributed by atoms with Gasteiger partial charge in [-0.15, -0.1) is 0 Å². The van der Waals surface area contributed by atoms with Crippen molar-refractivity contribution in [3.8, 4) is 23.8 Å². The van der Waals surface area contributed by atoms with Gasteiger partial charge >= 0.3 is 5.69 Å². The number of rotatable bonds is 5. The van der Waals surface area contributed by atoms with E-state index in [1.54, 1.807) is 34.9 Å². The third-order valence-electron chi connectivity index (χ3n) is 5.74. The van der Waals surface area contributed by atoms with Gasteiger partial charge in [0.1, 0.15) is 30.0 Å². The fourth-order valence-electron chi connectivity index (χ4n) is 3.67. The van der Waals surface area contributed by atoms with E-state index in [4.69, 9.17) is 9.47 Å². The molecule has 0 amide bonds. The molecule has 2 heterocycles. The second-order valence-corrected chi connectivity index (χ2v) is 8.47. The lowest BCUT2D eigenvalue weighted by Crippen LogP contribution is -2.22. The molecule has 162 valence electrons. The van der Waals surface area contributed by atoms with Crippen molar-refractivity contribution < 1.29 is 9.47 Å². The van der Waals surface area contributed by atoms with Crippen LogP contribution in [0.15, 0.2) is 53.0 Å². The highest BCUT2D eigenvalue weighted by Gasteiger charge is 2.29. The zero-order valence-corrected chi connectivity index (χ0v) is 18.2. The Morgan fingerprint density at radius 3 is 2.81 bits per heavy atom. The zero-order valence-electron chi connectivity index (χ0n) is 18.2. The fourth-order valence-corrected chi connectivity index (χ4v) is 3.67. The first-order valence-corrected chi connectivity index (χ1v) is 10.3. The molecule has 4 rings (SSSR count). The van der Waals surface area contributed by atoms with E-state index in [-0.39, 0.29) is 29.5 Å². The lowest BCUT2D eigenvalue weighted by atomic mass is 9.76. The average Bonchev–Trinajstić information content (AvgIpc) is 3.15. The van der Waals surface area contributed by atoms with Gasteiger partial charge < -0.3 is 14.4 Å². The van der Waals surface area contributed by atoms with Crippen LogP contribution in [0.25, 0.3) is 0 Å². The van der Waals surface area contributed by atoms with Gasteiger partial charge in [0, 0.05) is 31.6 Å². The quantitative estimate of drug-likeness (QED) is 0.719. The van der Waals surface area contributed by atoms with Crippen LogP contribution in [0.1, 0.15) is 25.0 Å². The van der Waals surface area contributed by atoms with Gasteiger partial charge in [-0.3, -0.25) is 4.57 Å². The summed E-state index contributed by atoms with van der Waals surface area (Å²) < 4.78 is 13.2. The van der Waals surface area contributed by atoms with Gasteiger partial charge in [0.2, 0.25) is 5.88 Å². The molecule has 0 radical (unpaired) electrons. The Hall–Kier alpha value is -4.04. The van der Waals surface area contributed by atoms with E-state index in [2.05, 4.69) is 17.1 Å². The van der Waals surface area contributed by atoms with Crippen LogP contribution in [-0.4, -0.2) is 23.1 Å². The second-order valence-electron chi connectivity index (χ2n) is 8.47. The van der Waals surface area contributed by atoms with Gasteiger partial charge in [0.15, 0.2) is 0 Å². The normalized spacial score (nSPS) is 18.3. The van der Waals surface area contributed by atoms with Crippen LogP contribution < -0.4 is 20.1 Å². The molecule has 32 heavy (non-hydrogen) atoms. The maximum Gasteiger partial charge on any atom is 0.352 e. The third-order valence-corrected chi connectivity index (χ3v) is 5.74. The lowest BCUT2D eigenvalue weighted by Gasteiger charge is -2.27. The Kier molecular flexibility index (Phi) is 5.46. The molecule has 1 aliphatic carbocycles. The molecular formula is C24H23N5O3. The Labute approximate surface area is 186 Å². The minimum Gasteiger partial charge on any atom is -0.473 e. The number of likely N-dealkylation sites (N-methyl/N-ethyl adjacent to an activating group) is 1. The van der Waals surface area contributed by atoms with Crippen molar-refractivity contribution in [1.82, 2.24) is 9.55 Å². The van der Waals surface area contributed by atoms with Gasteiger partial charge in [0.25, 0.3) is 0 Å². The van der Waals surface area contributed by atoms with Crippen LogP contribution in [0.4, 0.5) is 5.82 Å². The van der Waals surface area contributed by atoms with Crippen molar-refractivity contribution in [3.05, 3.63) is 69.9 Å². The molecule has 0 saturated carbocycles. The van der Waals surface area contributed by atoms with Gasteiger partial charge in [-0.1, -0.05) is 26.0 Å². The SMILES string of the molecule is CN1CCn2c1cc(OCc1ccc(OC3=CC(C#N)C(C)(C)C=C3)c(C#N)c1)nc2=O. The molecule has 2 aliphatic rings. The first kappa shape index (κ1) is 21.2. The Balaban J connectivity index is 1.49. The van der Waals surface area contributed by atoms with Crippen molar-refractivity contribution in [2.24, 2.45) is 11.3 Å². The first-order chi connectivity index (χ1) is 15.3. The van der Waals surface area contributed by atoms with Gasteiger partial charge in [-0.25, -0.2) is 4.79 Å². The number of hydrogen-bond donors (Lipinski definition) is 0. The van der Waals surface area contributed by atoms with E-state index in [9.17, 15) is 15.3 Å². The summed E-state index contributed by atoms with van der Waals surface area (Å²) in [5.74, 6) is 1.64. The molecule has 8 nitrogen and oxygen atoms in total. The molecular weight excluding hydrogens is 406 g/mol. The number of benzene rings is 1. The molecule has 1 aromatic carbocycles. The Morgan fingerprint density at radius 2 is 2.06 bits per heavy atom. The predicted octanol–water partition coefficient (Wildman–Crippen LogP) is 3.14. The predicted molar refractivity (Wildman–Crippen MR) is 118 cm³/mol. The smallest absolute Gasteiger partial charge is 0.352 e. The number of anilines is 1. The fraction of sp³-hybridized carbons (Fsp3) is 0.333. The van der Waals surface area contributed by atoms with Crippen LogP contribution in [0.3, 0.4) is 0 Å². The summed E-state index contributed by atoms with van der Waals surface area (Å²) >= 11 is 0. The summed E-state index contributed by atoms with van der Waals surface area (Å²) in [6.07, 6.45) is 5.53. The number of aromatic nitrogens is 2. The van der Waals surface area contributed by atoms with Crippen molar-refractivity contribution in [2.75, 3.05) is 18.5 Å². The van der Waals surface area contributed by atoms with Gasteiger partial charge in [0.05, 0.1) is 17.6 Å². The number of nitriles is 2. The van der Waals surface area contributed by atoms with Crippen LogP contribution in [-0.2, 0) is 13.2 Å². The number of fused-ring (bicyclic) bond motifs is 1. The molecule has 2 aromatic rings. The zero-order chi connectivity index (χ0) is 22.9. The molecule has 0 saturated heterocycles. The van der Waals surface area contributed by atoms with E-state index in [1.165, 1.54) is 0 Å². The molecule has 1 aliphatic heterocycles. The van der Waals surface area contributed by atoms with E-state index >= 15 is 0 Å². The second kappa shape index (κ2) is 8.24. The third kappa shape index (κ3) is 4.08. The minimum atomic E-state index is -0.337. The summed E-state index contributed by atoms with van der Waals surface area (Å²) in [6, 6.07) is 11.3. The topological polar surface area (TPSA) is 104 Å². The van der Waals surface area contributed by atoms with Crippen molar-refractivity contribution in [2.45, 2.75) is 27.0 Å².